The lowest BCUT2D eigenvalue weighted by Gasteiger charge is -2.20. The number of rotatable bonds is 3. The molecule has 1 amide bonds. The maximum atomic E-state index is 12.3. The summed E-state index contributed by atoms with van der Waals surface area (Å²) in [5, 5.41) is 0. The number of hydrogen-bond donors (Lipinski definition) is 0. The summed E-state index contributed by atoms with van der Waals surface area (Å²) in [7, 11) is 0. The topological polar surface area (TPSA) is 23.6 Å². The maximum absolute atomic E-state index is 12.3. The smallest absolute Gasteiger partial charge is 0.228 e. The molecule has 2 aliphatic rings. The van der Waals surface area contributed by atoms with Crippen LogP contribution in [-0.4, -0.2) is 37.0 Å². The molecule has 1 saturated heterocycles. The third-order valence-electron chi connectivity index (χ3n) is 4.03. The molecule has 0 saturated carbocycles. The standard InChI is InChI=1S/C15H20N2O/c18-15(8-11-16-9-3-4-10-16)17-12-7-13-5-1-2-6-14(13)17/h1-2,5-6H,3-4,7-12H2. The molecular weight excluding hydrogens is 224 g/mol. The van der Waals surface area contributed by atoms with Gasteiger partial charge < -0.3 is 9.80 Å². The van der Waals surface area contributed by atoms with Crippen molar-refractivity contribution in [2.24, 2.45) is 0 Å². The second kappa shape index (κ2) is 5.11. The molecule has 2 heterocycles. The Morgan fingerprint density at radius 3 is 2.72 bits per heavy atom. The van der Waals surface area contributed by atoms with E-state index in [0.717, 1.165) is 25.2 Å². The van der Waals surface area contributed by atoms with E-state index < -0.39 is 0 Å². The van der Waals surface area contributed by atoms with E-state index in [2.05, 4.69) is 23.1 Å². The van der Waals surface area contributed by atoms with Crippen LogP contribution in [0, 0.1) is 0 Å². The predicted molar refractivity (Wildman–Crippen MR) is 72.8 cm³/mol. The van der Waals surface area contributed by atoms with Crippen molar-refractivity contribution in [2.45, 2.75) is 25.7 Å². The van der Waals surface area contributed by atoms with Crippen LogP contribution in [-0.2, 0) is 11.2 Å². The molecule has 0 atom stereocenters. The number of nitrogens with zero attached hydrogens (tertiary/aromatic N) is 2. The molecule has 0 radical (unpaired) electrons. The number of benzene rings is 1. The molecular formula is C15H20N2O. The summed E-state index contributed by atoms with van der Waals surface area (Å²) in [6.45, 7) is 4.13. The lowest BCUT2D eigenvalue weighted by atomic mass is 10.2. The monoisotopic (exact) mass is 244 g/mol. The molecule has 0 N–H and O–H groups in total. The number of hydrogen-bond acceptors (Lipinski definition) is 2. The van der Waals surface area contributed by atoms with Crippen LogP contribution in [0.25, 0.3) is 0 Å². The Hall–Kier alpha value is -1.35. The zero-order valence-electron chi connectivity index (χ0n) is 10.8. The van der Waals surface area contributed by atoms with Crippen molar-refractivity contribution in [3.63, 3.8) is 0 Å². The van der Waals surface area contributed by atoms with Gasteiger partial charge in [-0.2, -0.15) is 0 Å². The molecule has 1 aromatic carbocycles. The zero-order chi connectivity index (χ0) is 12.4. The van der Waals surface area contributed by atoms with Crippen LogP contribution in [0.5, 0.6) is 0 Å². The van der Waals surface area contributed by atoms with Crippen LogP contribution in [0.4, 0.5) is 5.69 Å². The van der Waals surface area contributed by atoms with Gasteiger partial charge in [0, 0.05) is 25.2 Å². The first-order valence-corrected chi connectivity index (χ1v) is 6.95. The SMILES string of the molecule is O=C(CCN1CCCC1)N1CCc2ccccc21. The number of fused-ring (bicyclic) bond motifs is 1. The first-order chi connectivity index (χ1) is 8.84. The van der Waals surface area contributed by atoms with E-state index in [1.165, 1.54) is 31.5 Å². The lowest BCUT2D eigenvalue weighted by molar-refractivity contribution is -0.118. The first-order valence-electron chi connectivity index (χ1n) is 6.95. The minimum absolute atomic E-state index is 0.284. The van der Waals surface area contributed by atoms with Gasteiger partial charge in [0.1, 0.15) is 0 Å². The van der Waals surface area contributed by atoms with E-state index in [9.17, 15) is 4.79 Å². The summed E-state index contributed by atoms with van der Waals surface area (Å²) >= 11 is 0. The average Bonchev–Trinajstić information content (AvgIpc) is 3.05. The van der Waals surface area contributed by atoms with Crippen molar-refractivity contribution in [2.75, 3.05) is 31.1 Å². The van der Waals surface area contributed by atoms with Gasteiger partial charge in [-0.15, -0.1) is 0 Å². The molecule has 3 rings (SSSR count). The van der Waals surface area contributed by atoms with Crippen LogP contribution >= 0.6 is 0 Å². The Morgan fingerprint density at radius 2 is 1.89 bits per heavy atom. The van der Waals surface area contributed by atoms with E-state index >= 15 is 0 Å². The second-order valence-electron chi connectivity index (χ2n) is 5.22. The molecule has 0 unspecified atom stereocenters. The molecule has 1 aromatic rings. The Bertz CT molecular complexity index is 438. The quantitative estimate of drug-likeness (QED) is 0.812. The fourth-order valence-electron chi connectivity index (χ4n) is 2.99. The number of carbonyl (C=O) groups is 1. The number of para-hydroxylation sites is 1. The Morgan fingerprint density at radius 1 is 1.11 bits per heavy atom. The molecule has 1 fully saturated rings. The first kappa shape index (κ1) is 11.7. The van der Waals surface area contributed by atoms with Gasteiger partial charge in [-0.1, -0.05) is 18.2 Å². The van der Waals surface area contributed by atoms with Crippen LogP contribution in [0.15, 0.2) is 24.3 Å². The fourth-order valence-corrected chi connectivity index (χ4v) is 2.99. The summed E-state index contributed by atoms with van der Waals surface area (Å²) in [5.74, 6) is 0.284. The van der Waals surface area contributed by atoms with E-state index in [1.54, 1.807) is 0 Å². The van der Waals surface area contributed by atoms with E-state index in [4.69, 9.17) is 0 Å². The van der Waals surface area contributed by atoms with Gasteiger partial charge in [-0.05, 0) is 44.0 Å². The van der Waals surface area contributed by atoms with Crippen molar-refractivity contribution >= 4 is 11.6 Å². The maximum Gasteiger partial charge on any atom is 0.228 e. The number of amides is 1. The highest BCUT2D eigenvalue weighted by atomic mass is 16.2. The Labute approximate surface area is 108 Å². The van der Waals surface area contributed by atoms with Crippen molar-refractivity contribution < 1.29 is 4.79 Å². The summed E-state index contributed by atoms with van der Waals surface area (Å²) in [6, 6.07) is 8.26. The van der Waals surface area contributed by atoms with E-state index in [-0.39, 0.29) is 5.91 Å². The zero-order valence-corrected chi connectivity index (χ0v) is 10.8. The second-order valence-corrected chi connectivity index (χ2v) is 5.22. The van der Waals surface area contributed by atoms with Gasteiger partial charge in [0.05, 0.1) is 0 Å². The van der Waals surface area contributed by atoms with Crippen molar-refractivity contribution in [3.05, 3.63) is 29.8 Å². The summed E-state index contributed by atoms with van der Waals surface area (Å²) in [6.07, 6.45) is 4.25. The van der Waals surface area contributed by atoms with Crippen molar-refractivity contribution in [1.82, 2.24) is 4.90 Å². The fraction of sp³-hybridized carbons (Fsp3) is 0.533. The van der Waals surface area contributed by atoms with Crippen LogP contribution in [0.2, 0.25) is 0 Å². The molecule has 3 nitrogen and oxygen atoms in total. The molecule has 18 heavy (non-hydrogen) atoms. The Kier molecular flexibility index (Phi) is 3.33. The highest BCUT2D eigenvalue weighted by Crippen LogP contribution is 2.27. The van der Waals surface area contributed by atoms with Gasteiger partial charge in [0.25, 0.3) is 0 Å². The van der Waals surface area contributed by atoms with Crippen LogP contribution in [0.1, 0.15) is 24.8 Å². The van der Waals surface area contributed by atoms with Crippen molar-refractivity contribution in [1.29, 1.82) is 0 Å². The normalized spacial score (nSPS) is 19.2. The number of carbonyl (C=O) groups excluding carboxylic acids is 1. The highest BCUT2D eigenvalue weighted by Gasteiger charge is 2.24. The molecule has 0 bridgehead atoms. The predicted octanol–water partition coefficient (Wildman–Crippen LogP) is 2.06. The minimum Gasteiger partial charge on any atom is -0.312 e. The lowest BCUT2D eigenvalue weighted by Crippen LogP contribution is -2.32. The summed E-state index contributed by atoms with van der Waals surface area (Å²) in [5.41, 5.74) is 2.44. The molecule has 3 heteroatoms. The largest absolute Gasteiger partial charge is 0.312 e. The van der Waals surface area contributed by atoms with Crippen LogP contribution in [0.3, 0.4) is 0 Å². The molecule has 2 aliphatic heterocycles. The van der Waals surface area contributed by atoms with Crippen LogP contribution < -0.4 is 4.90 Å². The molecule has 0 aromatic heterocycles. The third-order valence-corrected chi connectivity index (χ3v) is 4.03. The third kappa shape index (κ3) is 2.27. The highest BCUT2D eigenvalue weighted by molar-refractivity contribution is 5.95. The van der Waals surface area contributed by atoms with Gasteiger partial charge >= 0.3 is 0 Å². The average molecular weight is 244 g/mol. The minimum atomic E-state index is 0.284. The summed E-state index contributed by atoms with van der Waals surface area (Å²) in [4.78, 5) is 16.6. The van der Waals surface area contributed by atoms with Crippen molar-refractivity contribution in [3.8, 4) is 0 Å². The van der Waals surface area contributed by atoms with Gasteiger partial charge in [-0.3, -0.25) is 4.79 Å². The number of likely N-dealkylation sites (tertiary alicyclic amines) is 1. The van der Waals surface area contributed by atoms with Gasteiger partial charge in [0.2, 0.25) is 5.91 Å². The van der Waals surface area contributed by atoms with E-state index in [0.29, 0.717) is 6.42 Å². The van der Waals surface area contributed by atoms with Gasteiger partial charge in [-0.25, -0.2) is 0 Å². The van der Waals surface area contributed by atoms with Gasteiger partial charge in [0.15, 0.2) is 0 Å². The molecule has 0 aliphatic carbocycles. The summed E-state index contributed by atoms with van der Waals surface area (Å²) < 4.78 is 0. The molecule has 0 spiro atoms. The van der Waals surface area contributed by atoms with E-state index in [1.807, 2.05) is 11.0 Å². The molecule has 96 valence electrons. The Balaban J connectivity index is 1.60. The number of anilines is 1.